The van der Waals surface area contributed by atoms with Gasteiger partial charge < -0.3 is 4.84 Å². The van der Waals surface area contributed by atoms with Crippen LogP contribution in [0.2, 0.25) is 5.02 Å². The van der Waals surface area contributed by atoms with Gasteiger partial charge in [0, 0.05) is 11.4 Å². The molecular formula is C11H14ClNO2. The van der Waals surface area contributed by atoms with Crippen LogP contribution >= 0.6 is 11.6 Å². The summed E-state index contributed by atoms with van der Waals surface area (Å²) < 4.78 is 0. The molecule has 0 bridgehead atoms. The number of amides is 1. The lowest BCUT2D eigenvalue weighted by Crippen LogP contribution is -2.26. The van der Waals surface area contributed by atoms with Crippen molar-refractivity contribution in [2.75, 3.05) is 0 Å². The molecule has 0 atom stereocenters. The number of unbranched alkanes of at least 4 members (excludes halogenated alkanes) is 1. The normalized spacial score (nSPS) is 9.73. The van der Waals surface area contributed by atoms with E-state index in [-0.39, 0.29) is 5.91 Å². The van der Waals surface area contributed by atoms with Crippen molar-refractivity contribution in [2.45, 2.75) is 26.2 Å². The van der Waals surface area contributed by atoms with Crippen molar-refractivity contribution in [1.29, 1.82) is 0 Å². The molecule has 0 aliphatic rings. The quantitative estimate of drug-likeness (QED) is 0.786. The fraction of sp³-hybridized carbons (Fsp3) is 0.364. The molecule has 1 aromatic carbocycles. The molecule has 82 valence electrons. The van der Waals surface area contributed by atoms with Crippen LogP contribution in [-0.4, -0.2) is 5.91 Å². The van der Waals surface area contributed by atoms with Crippen molar-refractivity contribution in [3.8, 4) is 5.75 Å². The molecule has 3 nitrogen and oxygen atoms in total. The average molecular weight is 228 g/mol. The fourth-order valence-corrected chi connectivity index (χ4v) is 1.13. The number of benzene rings is 1. The Kier molecular flexibility index (Phi) is 4.98. The van der Waals surface area contributed by atoms with Gasteiger partial charge in [-0.25, -0.2) is 0 Å². The van der Waals surface area contributed by atoms with Crippen LogP contribution in [0.25, 0.3) is 0 Å². The molecule has 0 unspecified atom stereocenters. The minimum Gasteiger partial charge on any atom is -0.380 e. The molecule has 15 heavy (non-hydrogen) atoms. The van der Waals surface area contributed by atoms with Crippen LogP contribution in [0.3, 0.4) is 0 Å². The number of rotatable bonds is 5. The molecule has 1 amide bonds. The van der Waals surface area contributed by atoms with Gasteiger partial charge in [-0.15, -0.1) is 0 Å². The van der Waals surface area contributed by atoms with Gasteiger partial charge in [-0.2, -0.15) is 5.48 Å². The summed E-state index contributed by atoms with van der Waals surface area (Å²) in [6.45, 7) is 2.04. The third-order valence-corrected chi connectivity index (χ3v) is 2.11. The minimum absolute atomic E-state index is 0.105. The molecule has 0 heterocycles. The third kappa shape index (κ3) is 4.70. The second kappa shape index (κ2) is 6.30. The number of hydrogen-bond donors (Lipinski definition) is 1. The number of carbonyl (C=O) groups is 1. The van der Waals surface area contributed by atoms with Gasteiger partial charge in [-0.3, -0.25) is 4.79 Å². The Balaban J connectivity index is 2.30. The first kappa shape index (κ1) is 11.9. The molecule has 0 spiro atoms. The summed E-state index contributed by atoms with van der Waals surface area (Å²) >= 11 is 5.70. The summed E-state index contributed by atoms with van der Waals surface area (Å²) in [5, 5.41) is 0.639. The molecule has 0 fully saturated rings. The van der Waals surface area contributed by atoms with Gasteiger partial charge in [0.05, 0.1) is 0 Å². The molecule has 0 aliphatic heterocycles. The highest BCUT2D eigenvalue weighted by atomic mass is 35.5. The molecule has 4 heteroatoms. The van der Waals surface area contributed by atoms with E-state index in [9.17, 15) is 4.79 Å². The molecule has 1 N–H and O–H groups in total. The highest BCUT2D eigenvalue weighted by Gasteiger charge is 2.00. The summed E-state index contributed by atoms with van der Waals surface area (Å²) in [6.07, 6.45) is 2.36. The van der Waals surface area contributed by atoms with E-state index < -0.39 is 0 Å². The minimum atomic E-state index is -0.105. The summed E-state index contributed by atoms with van der Waals surface area (Å²) in [4.78, 5) is 16.2. The number of hydrogen-bond acceptors (Lipinski definition) is 2. The van der Waals surface area contributed by atoms with Crippen LogP contribution in [0.4, 0.5) is 0 Å². The smallest absolute Gasteiger partial charge is 0.252 e. The average Bonchev–Trinajstić information content (AvgIpc) is 2.25. The van der Waals surface area contributed by atoms with Gasteiger partial charge in [-0.1, -0.05) is 24.9 Å². The van der Waals surface area contributed by atoms with Gasteiger partial charge in [0.1, 0.15) is 0 Å². The van der Waals surface area contributed by atoms with Crippen LogP contribution in [0.5, 0.6) is 5.75 Å². The first-order valence-corrected chi connectivity index (χ1v) is 5.31. The van der Waals surface area contributed by atoms with Gasteiger partial charge in [-0.05, 0) is 30.7 Å². The molecule has 0 saturated carbocycles. The lowest BCUT2D eigenvalue weighted by atomic mass is 10.2. The first-order valence-electron chi connectivity index (χ1n) is 4.93. The second-order valence-electron chi connectivity index (χ2n) is 3.18. The summed E-state index contributed by atoms with van der Waals surface area (Å²) in [7, 11) is 0. The van der Waals surface area contributed by atoms with Crippen molar-refractivity contribution in [3.63, 3.8) is 0 Å². The lowest BCUT2D eigenvalue weighted by Gasteiger charge is -2.06. The largest absolute Gasteiger partial charge is 0.380 e. The standard InChI is InChI=1S/C11H14ClNO2/c1-2-3-4-11(14)13-15-10-7-5-9(12)6-8-10/h5-8H,2-4H2,1H3,(H,13,14). The zero-order chi connectivity index (χ0) is 11.1. The Morgan fingerprint density at radius 1 is 1.40 bits per heavy atom. The van der Waals surface area contributed by atoms with Crippen LogP contribution in [0.1, 0.15) is 26.2 Å². The van der Waals surface area contributed by atoms with E-state index in [1.54, 1.807) is 24.3 Å². The third-order valence-electron chi connectivity index (χ3n) is 1.85. The predicted molar refractivity (Wildman–Crippen MR) is 59.7 cm³/mol. The highest BCUT2D eigenvalue weighted by Crippen LogP contribution is 2.14. The van der Waals surface area contributed by atoms with Gasteiger partial charge in [0.2, 0.25) is 0 Å². The van der Waals surface area contributed by atoms with Gasteiger partial charge in [0.15, 0.2) is 5.75 Å². The summed E-state index contributed by atoms with van der Waals surface area (Å²) in [6, 6.07) is 6.80. The Hall–Kier alpha value is -1.22. The molecule has 0 aliphatic carbocycles. The number of nitrogens with one attached hydrogen (secondary N) is 1. The monoisotopic (exact) mass is 227 g/mol. The maximum atomic E-state index is 11.2. The Morgan fingerprint density at radius 3 is 2.67 bits per heavy atom. The van der Waals surface area contributed by atoms with Crippen molar-refractivity contribution >= 4 is 17.5 Å². The molecule has 1 rings (SSSR count). The topological polar surface area (TPSA) is 38.3 Å². The molecule has 1 aromatic rings. The number of hydroxylamine groups is 1. The van der Waals surface area contributed by atoms with Crippen molar-refractivity contribution < 1.29 is 9.63 Å². The predicted octanol–water partition coefficient (Wildman–Crippen LogP) is 2.94. The van der Waals surface area contributed by atoms with Crippen molar-refractivity contribution in [1.82, 2.24) is 5.48 Å². The van der Waals surface area contributed by atoms with Crippen LogP contribution in [-0.2, 0) is 4.79 Å². The van der Waals surface area contributed by atoms with Gasteiger partial charge in [0.25, 0.3) is 5.91 Å². The van der Waals surface area contributed by atoms with Crippen molar-refractivity contribution in [2.24, 2.45) is 0 Å². The van der Waals surface area contributed by atoms with Crippen LogP contribution in [0, 0.1) is 0 Å². The van der Waals surface area contributed by atoms with Crippen LogP contribution in [0.15, 0.2) is 24.3 Å². The molecule has 0 aromatic heterocycles. The van der Waals surface area contributed by atoms with E-state index in [1.165, 1.54) is 0 Å². The first-order chi connectivity index (χ1) is 7.22. The second-order valence-corrected chi connectivity index (χ2v) is 3.62. The van der Waals surface area contributed by atoms with Gasteiger partial charge >= 0.3 is 0 Å². The van der Waals surface area contributed by atoms with E-state index in [0.717, 1.165) is 12.8 Å². The van der Waals surface area contributed by atoms with E-state index >= 15 is 0 Å². The zero-order valence-electron chi connectivity index (χ0n) is 8.63. The van der Waals surface area contributed by atoms with E-state index in [1.807, 2.05) is 6.92 Å². The fourth-order valence-electron chi connectivity index (χ4n) is 1.01. The van der Waals surface area contributed by atoms with E-state index in [4.69, 9.17) is 16.4 Å². The molecular weight excluding hydrogens is 214 g/mol. The summed E-state index contributed by atoms with van der Waals surface area (Å²) in [5.41, 5.74) is 2.37. The SMILES string of the molecule is CCCCC(=O)NOc1ccc(Cl)cc1. The highest BCUT2D eigenvalue weighted by molar-refractivity contribution is 6.30. The number of halogens is 1. The van der Waals surface area contributed by atoms with Crippen molar-refractivity contribution in [3.05, 3.63) is 29.3 Å². The Labute approximate surface area is 94.3 Å². The Morgan fingerprint density at radius 2 is 2.07 bits per heavy atom. The van der Waals surface area contributed by atoms with Crippen LogP contribution < -0.4 is 10.3 Å². The maximum Gasteiger partial charge on any atom is 0.252 e. The maximum absolute atomic E-state index is 11.2. The Bertz CT molecular complexity index is 311. The lowest BCUT2D eigenvalue weighted by molar-refractivity contribution is -0.127. The zero-order valence-corrected chi connectivity index (χ0v) is 9.38. The number of carbonyl (C=O) groups excluding carboxylic acids is 1. The van der Waals surface area contributed by atoms with E-state index in [0.29, 0.717) is 17.2 Å². The molecule has 0 saturated heterocycles. The summed E-state index contributed by atoms with van der Waals surface area (Å²) in [5.74, 6) is 0.469. The van der Waals surface area contributed by atoms with E-state index in [2.05, 4.69) is 5.48 Å². The molecule has 0 radical (unpaired) electrons.